The van der Waals surface area contributed by atoms with Crippen molar-refractivity contribution in [1.29, 1.82) is 0 Å². The van der Waals surface area contributed by atoms with Gasteiger partial charge in [0.15, 0.2) is 0 Å². The molecule has 5 heterocycles. The minimum Gasteiger partial charge on any atom is -0.411 e. The zero-order valence-electron chi connectivity index (χ0n) is 18.4. The molecule has 0 saturated carbocycles. The molecule has 0 spiro atoms. The number of fused-ring (bicyclic) bond motifs is 2. The fourth-order valence-electron chi connectivity index (χ4n) is 4.29. The molecule has 9 nitrogen and oxygen atoms in total. The van der Waals surface area contributed by atoms with Gasteiger partial charge in [0.25, 0.3) is 5.89 Å². The first-order chi connectivity index (χ1) is 17.4. The van der Waals surface area contributed by atoms with Crippen LogP contribution in [0.5, 0.6) is 0 Å². The molecule has 4 aromatic heterocycles. The summed E-state index contributed by atoms with van der Waals surface area (Å²) in [6, 6.07) is 12.4. The van der Waals surface area contributed by atoms with E-state index in [-0.39, 0.29) is 17.5 Å². The predicted octanol–water partition coefficient (Wildman–Crippen LogP) is 4.21. The summed E-state index contributed by atoms with van der Waals surface area (Å²) in [5, 5.41) is 8.52. The highest BCUT2D eigenvalue weighted by Crippen LogP contribution is 2.35. The van der Waals surface area contributed by atoms with Gasteiger partial charge >= 0.3 is 18.0 Å². The lowest BCUT2D eigenvalue weighted by Gasteiger charge is -2.33. The highest BCUT2D eigenvalue weighted by Gasteiger charge is 2.38. The molecule has 0 bridgehead atoms. The van der Waals surface area contributed by atoms with E-state index < -0.39 is 23.7 Å². The highest BCUT2D eigenvalue weighted by molar-refractivity contribution is 5.90. The van der Waals surface area contributed by atoms with Crippen LogP contribution in [0.25, 0.3) is 22.5 Å². The largest absolute Gasteiger partial charge is 0.416 e. The molecular formula is C24H16F3N7O2. The van der Waals surface area contributed by atoms with Crippen LogP contribution in [0.3, 0.4) is 0 Å². The van der Waals surface area contributed by atoms with Gasteiger partial charge in [-0.05, 0) is 24.3 Å². The molecular weight excluding hydrogens is 475 g/mol. The van der Waals surface area contributed by atoms with Crippen molar-refractivity contribution < 1.29 is 22.4 Å². The number of amides is 1. The Labute approximate surface area is 201 Å². The average Bonchev–Trinajstić information content (AvgIpc) is 3.57. The van der Waals surface area contributed by atoms with Crippen molar-refractivity contribution in [2.75, 3.05) is 6.54 Å². The predicted molar refractivity (Wildman–Crippen MR) is 119 cm³/mol. The van der Waals surface area contributed by atoms with Crippen LogP contribution in [0.15, 0.2) is 65.5 Å². The molecule has 1 aliphatic rings. The van der Waals surface area contributed by atoms with E-state index in [1.807, 2.05) is 36.4 Å². The molecule has 0 aliphatic carbocycles. The van der Waals surface area contributed by atoms with Crippen LogP contribution < -0.4 is 0 Å². The van der Waals surface area contributed by atoms with Crippen LogP contribution in [0.2, 0.25) is 0 Å². The number of aromatic amines is 1. The summed E-state index contributed by atoms with van der Waals surface area (Å²) >= 11 is 0. The SMILES string of the molecule is O=C(c1nnc(-c2cc(C(F)(F)F)ccn2)o1)N1CCc2[nH]cnc2[C@@H]1c1ccc2ccccc2n1. The van der Waals surface area contributed by atoms with Crippen LogP contribution in [0.1, 0.15) is 39.4 Å². The van der Waals surface area contributed by atoms with Gasteiger partial charge in [-0.2, -0.15) is 13.2 Å². The zero-order chi connectivity index (χ0) is 24.9. The van der Waals surface area contributed by atoms with Gasteiger partial charge in [0.05, 0.1) is 28.8 Å². The van der Waals surface area contributed by atoms with E-state index in [4.69, 9.17) is 9.40 Å². The van der Waals surface area contributed by atoms with Crippen LogP contribution in [-0.4, -0.2) is 47.5 Å². The van der Waals surface area contributed by atoms with Crippen molar-refractivity contribution in [3.8, 4) is 11.6 Å². The first-order valence-electron chi connectivity index (χ1n) is 10.9. The summed E-state index contributed by atoms with van der Waals surface area (Å²) in [5.74, 6) is -1.24. The second-order valence-corrected chi connectivity index (χ2v) is 8.19. The number of nitrogens with zero attached hydrogens (tertiary/aromatic N) is 6. The van der Waals surface area contributed by atoms with Gasteiger partial charge in [-0.15, -0.1) is 10.2 Å². The van der Waals surface area contributed by atoms with Crippen LogP contribution >= 0.6 is 0 Å². The lowest BCUT2D eigenvalue weighted by molar-refractivity contribution is -0.137. The molecule has 1 amide bonds. The van der Waals surface area contributed by atoms with Gasteiger partial charge in [0.1, 0.15) is 11.7 Å². The number of hydrogen-bond donors (Lipinski definition) is 1. The molecule has 1 N–H and O–H groups in total. The topological polar surface area (TPSA) is 114 Å². The number of benzene rings is 1. The molecule has 6 rings (SSSR count). The first kappa shape index (κ1) is 21.9. The Bertz CT molecular complexity index is 1590. The maximum absolute atomic E-state index is 13.5. The third-order valence-corrected chi connectivity index (χ3v) is 6.00. The van der Waals surface area contributed by atoms with E-state index in [1.54, 1.807) is 6.33 Å². The summed E-state index contributed by atoms with van der Waals surface area (Å²) in [7, 11) is 0. The average molecular weight is 491 g/mol. The standard InChI is InChI=1S/C24H16F3N7O2/c25-24(26,27)14-7-9-28-18(11-14)21-32-33-22(36-21)23(35)34-10-8-16-19(30-12-29-16)20(34)17-6-5-13-3-1-2-4-15(13)31-17/h1-7,9,11-12,20H,8,10H2,(H,29,30)/t20-/m0/s1. The number of H-pyrrole nitrogens is 1. The molecule has 0 radical (unpaired) electrons. The van der Waals surface area contributed by atoms with Gasteiger partial charge < -0.3 is 14.3 Å². The second kappa shape index (κ2) is 8.26. The molecule has 0 unspecified atom stereocenters. The molecule has 1 aliphatic heterocycles. The van der Waals surface area contributed by atoms with Crippen molar-refractivity contribution in [2.24, 2.45) is 0 Å². The number of carbonyl (C=O) groups is 1. The number of halogens is 3. The fourth-order valence-corrected chi connectivity index (χ4v) is 4.29. The van der Waals surface area contributed by atoms with Gasteiger partial charge in [-0.3, -0.25) is 14.8 Å². The Kier molecular flexibility index (Phi) is 5.02. The number of para-hydroxylation sites is 1. The van der Waals surface area contributed by atoms with Crippen molar-refractivity contribution in [1.82, 2.24) is 35.0 Å². The lowest BCUT2D eigenvalue weighted by Crippen LogP contribution is -2.41. The molecule has 5 aromatic rings. The maximum atomic E-state index is 13.5. The van der Waals surface area contributed by atoms with Crippen molar-refractivity contribution in [3.63, 3.8) is 0 Å². The molecule has 36 heavy (non-hydrogen) atoms. The Hall–Kier alpha value is -4.61. The number of carbonyl (C=O) groups excluding carboxylic acids is 1. The number of aromatic nitrogens is 6. The van der Waals surface area contributed by atoms with Crippen LogP contribution in [-0.2, 0) is 12.6 Å². The summed E-state index contributed by atoms with van der Waals surface area (Å²) < 4.78 is 44.7. The first-order valence-corrected chi connectivity index (χ1v) is 10.9. The van der Waals surface area contributed by atoms with Gasteiger partial charge in [0, 0.05) is 30.2 Å². The minimum absolute atomic E-state index is 0.183. The number of nitrogens with one attached hydrogen (secondary N) is 1. The van der Waals surface area contributed by atoms with E-state index in [0.717, 1.165) is 34.9 Å². The van der Waals surface area contributed by atoms with E-state index >= 15 is 0 Å². The number of pyridine rings is 2. The van der Waals surface area contributed by atoms with E-state index in [0.29, 0.717) is 24.4 Å². The summed E-state index contributed by atoms with van der Waals surface area (Å²) in [6.45, 7) is 0.312. The zero-order valence-corrected chi connectivity index (χ0v) is 18.4. The lowest BCUT2D eigenvalue weighted by atomic mass is 9.98. The molecule has 12 heteroatoms. The van der Waals surface area contributed by atoms with Crippen LogP contribution in [0.4, 0.5) is 13.2 Å². The van der Waals surface area contributed by atoms with Gasteiger partial charge in [0.2, 0.25) is 0 Å². The number of rotatable bonds is 3. The summed E-state index contributed by atoms with van der Waals surface area (Å²) in [6.07, 6.45) is -1.49. The van der Waals surface area contributed by atoms with E-state index in [9.17, 15) is 18.0 Å². The normalized spacial score (nSPS) is 15.8. The minimum atomic E-state index is -4.56. The number of alkyl halides is 3. The Balaban J connectivity index is 1.36. The Morgan fingerprint density at radius 2 is 1.94 bits per heavy atom. The number of hydrogen-bond acceptors (Lipinski definition) is 7. The van der Waals surface area contributed by atoms with Crippen molar-refractivity contribution >= 4 is 16.8 Å². The maximum Gasteiger partial charge on any atom is 0.416 e. The van der Waals surface area contributed by atoms with Crippen molar-refractivity contribution in [3.05, 3.63) is 89.6 Å². The molecule has 1 atom stereocenters. The van der Waals surface area contributed by atoms with E-state index in [2.05, 4.69) is 25.1 Å². The smallest absolute Gasteiger partial charge is 0.411 e. The van der Waals surface area contributed by atoms with Gasteiger partial charge in [-0.1, -0.05) is 24.3 Å². The second-order valence-electron chi connectivity index (χ2n) is 8.19. The molecule has 0 fully saturated rings. The highest BCUT2D eigenvalue weighted by atomic mass is 19.4. The summed E-state index contributed by atoms with van der Waals surface area (Å²) in [4.78, 5) is 31.2. The van der Waals surface area contributed by atoms with Crippen molar-refractivity contribution in [2.45, 2.75) is 18.6 Å². The third-order valence-electron chi connectivity index (χ3n) is 6.00. The molecule has 0 saturated heterocycles. The van der Waals surface area contributed by atoms with E-state index in [1.165, 1.54) is 4.90 Å². The third kappa shape index (κ3) is 3.76. The number of imidazole rings is 1. The fraction of sp³-hybridized carbons (Fsp3) is 0.167. The summed E-state index contributed by atoms with van der Waals surface area (Å²) in [5.41, 5.74) is 1.81. The molecule has 1 aromatic carbocycles. The Morgan fingerprint density at radius 1 is 1.08 bits per heavy atom. The Morgan fingerprint density at radius 3 is 2.81 bits per heavy atom. The van der Waals surface area contributed by atoms with Crippen LogP contribution in [0, 0.1) is 0 Å². The quantitative estimate of drug-likeness (QED) is 0.402. The molecule has 180 valence electrons. The van der Waals surface area contributed by atoms with Gasteiger partial charge in [-0.25, -0.2) is 4.98 Å². The monoisotopic (exact) mass is 491 g/mol.